The molecule has 0 saturated heterocycles. The molecule has 0 fully saturated rings. The number of halogens is 2. The Bertz CT molecular complexity index is 1190. The average molecular weight is 411 g/mol. The van der Waals surface area contributed by atoms with Gasteiger partial charge in [0.1, 0.15) is 11.9 Å². The van der Waals surface area contributed by atoms with Gasteiger partial charge in [0, 0.05) is 5.56 Å². The zero-order valence-electron chi connectivity index (χ0n) is 15.5. The predicted octanol–water partition coefficient (Wildman–Crippen LogP) is 4.97. The minimum atomic E-state index is -0.535. The van der Waals surface area contributed by atoms with Crippen LogP contribution in [0.4, 0.5) is 4.39 Å². The first-order valence-electron chi connectivity index (χ1n) is 9.11. The van der Waals surface area contributed by atoms with Crippen LogP contribution >= 0.6 is 11.6 Å². The minimum Gasteiger partial charge on any atom is -0.365 e. The fourth-order valence-corrected chi connectivity index (χ4v) is 3.41. The Hall–Kier alpha value is -3.03. The molecule has 3 heterocycles. The quantitative estimate of drug-likeness (QED) is 0.477. The SMILES string of the molecule is Cc1ccc(C2Cn3nc(-c4nc(-c5ccc(Cl)c(F)c5)no4)cc3CO2)cc1. The Labute approximate surface area is 170 Å². The zero-order valence-corrected chi connectivity index (χ0v) is 16.2. The van der Waals surface area contributed by atoms with Gasteiger partial charge in [0.25, 0.3) is 5.89 Å². The van der Waals surface area contributed by atoms with Crippen molar-refractivity contribution < 1.29 is 13.7 Å². The molecule has 6 nitrogen and oxygen atoms in total. The van der Waals surface area contributed by atoms with E-state index in [0.717, 1.165) is 11.3 Å². The Balaban J connectivity index is 1.40. The molecule has 5 rings (SSSR count). The van der Waals surface area contributed by atoms with E-state index in [0.29, 0.717) is 24.4 Å². The third-order valence-corrected chi connectivity index (χ3v) is 5.21. The largest absolute Gasteiger partial charge is 0.365 e. The third kappa shape index (κ3) is 3.43. The standard InChI is InChI=1S/C21H16ClFN4O2/c1-12-2-4-13(5-3-12)19-10-27-15(11-28-19)9-18(25-27)21-24-20(26-29-21)14-6-7-16(22)17(23)8-14/h2-9,19H,10-11H2,1H3. The first-order valence-corrected chi connectivity index (χ1v) is 9.49. The first kappa shape index (κ1) is 18.0. The number of nitrogens with zero attached hydrogens (tertiary/aromatic N) is 4. The number of hydrogen-bond acceptors (Lipinski definition) is 5. The van der Waals surface area contributed by atoms with Crippen LogP contribution < -0.4 is 0 Å². The molecule has 146 valence electrons. The number of fused-ring (bicyclic) bond motifs is 1. The second kappa shape index (κ2) is 7.09. The van der Waals surface area contributed by atoms with Crippen molar-refractivity contribution in [2.45, 2.75) is 26.2 Å². The smallest absolute Gasteiger partial charge is 0.278 e. The van der Waals surface area contributed by atoms with Crippen molar-refractivity contribution in [1.29, 1.82) is 0 Å². The highest BCUT2D eigenvalue weighted by molar-refractivity contribution is 6.30. The van der Waals surface area contributed by atoms with E-state index in [1.165, 1.54) is 17.7 Å². The molecule has 2 aromatic carbocycles. The van der Waals surface area contributed by atoms with Crippen LogP contribution in [0.3, 0.4) is 0 Å². The second-order valence-electron chi connectivity index (χ2n) is 6.97. The fraction of sp³-hybridized carbons (Fsp3) is 0.190. The lowest BCUT2D eigenvalue weighted by molar-refractivity contribution is -0.00113. The maximum absolute atomic E-state index is 13.7. The third-order valence-electron chi connectivity index (χ3n) is 4.91. The molecule has 1 aliphatic rings. The normalized spacial score (nSPS) is 16.0. The van der Waals surface area contributed by atoms with E-state index in [1.807, 2.05) is 10.7 Å². The van der Waals surface area contributed by atoms with Crippen LogP contribution in [0.2, 0.25) is 5.02 Å². The van der Waals surface area contributed by atoms with Crippen molar-refractivity contribution in [3.05, 3.63) is 76.2 Å². The first-order chi connectivity index (χ1) is 14.1. The van der Waals surface area contributed by atoms with Crippen LogP contribution in [0.1, 0.15) is 22.9 Å². The van der Waals surface area contributed by atoms with Gasteiger partial charge < -0.3 is 9.26 Å². The van der Waals surface area contributed by atoms with E-state index in [2.05, 4.69) is 46.4 Å². The summed E-state index contributed by atoms with van der Waals surface area (Å²) >= 11 is 5.73. The number of benzene rings is 2. The number of hydrogen-bond donors (Lipinski definition) is 0. The van der Waals surface area contributed by atoms with Crippen LogP contribution in [-0.4, -0.2) is 19.9 Å². The second-order valence-corrected chi connectivity index (χ2v) is 7.37. The lowest BCUT2D eigenvalue weighted by atomic mass is 10.1. The monoisotopic (exact) mass is 410 g/mol. The molecule has 0 aliphatic carbocycles. The van der Waals surface area contributed by atoms with Crippen LogP contribution in [0, 0.1) is 12.7 Å². The number of aromatic nitrogens is 4. The summed E-state index contributed by atoms with van der Waals surface area (Å²) in [6.07, 6.45) is -0.0638. The van der Waals surface area contributed by atoms with Gasteiger partial charge in [-0.25, -0.2) is 4.39 Å². The molecule has 0 spiro atoms. The molecule has 1 aliphatic heterocycles. The molecule has 0 radical (unpaired) electrons. The summed E-state index contributed by atoms with van der Waals surface area (Å²) in [5.74, 6) is 0.00623. The van der Waals surface area contributed by atoms with Crippen LogP contribution in [0.5, 0.6) is 0 Å². The number of aryl methyl sites for hydroxylation is 1. The van der Waals surface area contributed by atoms with E-state index < -0.39 is 5.82 Å². The summed E-state index contributed by atoms with van der Waals surface area (Å²) in [6, 6.07) is 14.5. The Kier molecular flexibility index (Phi) is 4.41. The van der Waals surface area contributed by atoms with E-state index in [9.17, 15) is 4.39 Å². The van der Waals surface area contributed by atoms with Crippen LogP contribution in [-0.2, 0) is 17.9 Å². The van der Waals surface area contributed by atoms with Gasteiger partial charge in [-0.05, 0) is 36.8 Å². The van der Waals surface area contributed by atoms with Gasteiger partial charge in [0.15, 0.2) is 5.69 Å². The van der Waals surface area contributed by atoms with E-state index in [4.69, 9.17) is 20.9 Å². The molecule has 29 heavy (non-hydrogen) atoms. The average Bonchev–Trinajstić information content (AvgIpc) is 3.37. The van der Waals surface area contributed by atoms with Gasteiger partial charge in [-0.2, -0.15) is 10.1 Å². The van der Waals surface area contributed by atoms with Gasteiger partial charge >= 0.3 is 0 Å². The topological polar surface area (TPSA) is 66.0 Å². The van der Waals surface area contributed by atoms with Crippen LogP contribution in [0.25, 0.3) is 23.0 Å². The summed E-state index contributed by atoms with van der Waals surface area (Å²) in [7, 11) is 0. The fourth-order valence-electron chi connectivity index (χ4n) is 3.29. The molecular formula is C21H16ClFN4O2. The van der Waals surface area contributed by atoms with E-state index in [-0.39, 0.29) is 22.8 Å². The maximum atomic E-state index is 13.7. The van der Waals surface area contributed by atoms with Gasteiger partial charge in [-0.3, -0.25) is 4.68 Å². The molecular weight excluding hydrogens is 395 g/mol. The number of ether oxygens (including phenoxy) is 1. The van der Waals surface area contributed by atoms with Crippen molar-refractivity contribution >= 4 is 11.6 Å². The van der Waals surface area contributed by atoms with Crippen LogP contribution in [0.15, 0.2) is 53.1 Å². The highest BCUT2D eigenvalue weighted by atomic mass is 35.5. The van der Waals surface area contributed by atoms with Gasteiger partial charge in [0.05, 0.1) is 23.9 Å². The summed E-state index contributed by atoms with van der Waals surface area (Å²) < 4.78 is 26.9. The van der Waals surface area contributed by atoms with Crippen molar-refractivity contribution in [3.63, 3.8) is 0 Å². The minimum absolute atomic E-state index is 0.0439. The van der Waals surface area contributed by atoms with Crippen molar-refractivity contribution in [2.75, 3.05) is 0 Å². The van der Waals surface area contributed by atoms with Crippen molar-refractivity contribution in [1.82, 2.24) is 19.9 Å². The molecule has 0 amide bonds. The van der Waals surface area contributed by atoms with Gasteiger partial charge in [-0.1, -0.05) is 46.6 Å². The molecule has 1 atom stereocenters. The summed E-state index contributed by atoms with van der Waals surface area (Å²) in [6.45, 7) is 3.09. The lowest BCUT2D eigenvalue weighted by Gasteiger charge is -2.24. The highest BCUT2D eigenvalue weighted by Crippen LogP contribution is 2.30. The van der Waals surface area contributed by atoms with E-state index in [1.54, 1.807) is 6.07 Å². The Morgan fingerprint density at radius 2 is 1.97 bits per heavy atom. The summed E-state index contributed by atoms with van der Waals surface area (Å²) in [5.41, 5.74) is 4.29. The summed E-state index contributed by atoms with van der Waals surface area (Å²) in [5, 5.41) is 8.58. The summed E-state index contributed by atoms with van der Waals surface area (Å²) in [4.78, 5) is 4.35. The molecule has 1 unspecified atom stereocenters. The zero-order chi connectivity index (χ0) is 20.0. The van der Waals surface area contributed by atoms with Gasteiger partial charge in [-0.15, -0.1) is 0 Å². The molecule has 4 aromatic rings. The van der Waals surface area contributed by atoms with Crippen molar-refractivity contribution in [3.8, 4) is 23.0 Å². The maximum Gasteiger partial charge on any atom is 0.278 e. The molecule has 0 bridgehead atoms. The predicted molar refractivity (Wildman–Crippen MR) is 105 cm³/mol. The number of rotatable bonds is 3. The molecule has 2 aromatic heterocycles. The molecule has 0 saturated carbocycles. The highest BCUT2D eigenvalue weighted by Gasteiger charge is 2.24. The Morgan fingerprint density at radius 3 is 2.76 bits per heavy atom. The lowest BCUT2D eigenvalue weighted by Crippen LogP contribution is -2.21. The molecule has 0 N–H and O–H groups in total. The Morgan fingerprint density at radius 1 is 1.14 bits per heavy atom. The van der Waals surface area contributed by atoms with E-state index >= 15 is 0 Å². The van der Waals surface area contributed by atoms with Gasteiger partial charge in [0.2, 0.25) is 5.82 Å². The van der Waals surface area contributed by atoms with Crippen molar-refractivity contribution in [2.24, 2.45) is 0 Å². The molecule has 8 heteroatoms.